The fourth-order valence-corrected chi connectivity index (χ4v) is 3.34. The molecule has 1 saturated heterocycles. The van der Waals surface area contributed by atoms with Gasteiger partial charge < -0.3 is 15.0 Å². The number of anilines is 3. The molecular formula is C19H16ClFN4O2. The minimum absolute atomic E-state index is 0.0170. The number of nitrogens with one attached hydrogen (secondary N) is 1. The maximum atomic E-state index is 13.4. The third-order valence-corrected chi connectivity index (χ3v) is 4.77. The summed E-state index contributed by atoms with van der Waals surface area (Å²) in [4.78, 5) is 22.5. The van der Waals surface area contributed by atoms with Crippen LogP contribution in [-0.2, 0) is 4.79 Å². The third-order valence-electron chi connectivity index (χ3n) is 4.48. The number of fused-ring (bicyclic) bond motifs is 1. The van der Waals surface area contributed by atoms with Crippen LogP contribution in [-0.4, -0.2) is 29.5 Å². The van der Waals surface area contributed by atoms with Crippen molar-refractivity contribution in [3.63, 3.8) is 0 Å². The molecule has 1 N–H and O–H groups in total. The van der Waals surface area contributed by atoms with E-state index in [0.29, 0.717) is 46.8 Å². The molecule has 1 aliphatic heterocycles. The van der Waals surface area contributed by atoms with Crippen molar-refractivity contribution in [2.24, 2.45) is 0 Å². The quantitative estimate of drug-likeness (QED) is 0.724. The van der Waals surface area contributed by atoms with E-state index in [0.717, 1.165) is 6.42 Å². The number of ether oxygens (including phenoxy) is 1. The first kappa shape index (κ1) is 17.5. The number of hydrogen-bond donors (Lipinski definition) is 1. The predicted octanol–water partition coefficient (Wildman–Crippen LogP) is 4.30. The Kier molecular flexibility index (Phi) is 4.53. The number of carbonyl (C=O) groups is 1. The van der Waals surface area contributed by atoms with E-state index < -0.39 is 5.82 Å². The highest BCUT2D eigenvalue weighted by atomic mass is 35.5. The zero-order valence-electron chi connectivity index (χ0n) is 14.5. The molecule has 6 nitrogen and oxygen atoms in total. The van der Waals surface area contributed by atoms with Crippen LogP contribution in [0.3, 0.4) is 0 Å². The van der Waals surface area contributed by atoms with E-state index in [9.17, 15) is 9.18 Å². The molecule has 4 rings (SSSR count). The Morgan fingerprint density at radius 2 is 2.11 bits per heavy atom. The van der Waals surface area contributed by atoms with Gasteiger partial charge in [0.15, 0.2) is 0 Å². The van der Waals surface area contributed by atoms with Crippen molar-refractivity contribution >= 4 is 45.6 Å². The molecule has 1 amide bonds. The summed E-state index contributed by atoms with van der Waals surface area (Å²) < 4.78 is 18.9. The largest absolute Gasteiger partial charge is 0.494 e. The van der Waals surface area contributed by atoms with Crippen molar-refractivity contribution < 1.29 is 13.9 Å². The standard InChI is InChI=1S/C19H16ClFN4O2/c1-27-17-9-15-12(8-16(17)25-6-2-3-18(25)26)19(23-10-22-15)24-11-4-5-14(21)13(20)7-11/h4-5,7-10H,2-3,6H2,1H3,(H,22,23,24). The summed E-state index contributed by atoms with van der Waals surface area (Å²) in [6.07, 6.45) is 2.76. The second-order valence-corrected chi connectivity index (χ2v) is 6.57. The molecule has 1 fully saturated rings. The number of aromatic nitrogens is 2. The maximum Gasteiger partial charge on any atom is 0.227 e. The van der Waals surface area contributed by atoms with Crippen LogP contribution < -0.4 is 15.0 Å². The van der Waals surface area contributed by atoms with E-state index in [1.54, 1.807) is 24.1 Å². The van der Waals surface area contributed by atoms with Gasteiger partial charge in [0.25, 0.3) is 0 Å². The molecule has 8 heteroatoms. The molecule has 138 valence electrons. The van der Waals surface area contributed by atoms with Crippen LogP contribution in [0.2, 0.25) is 5.02 Å². The van der Waals surface area contributed by atoms with E-state index in [4.69, 9.17) is 16.3 Å². The predicted molar refractivity (Wildman–Crippen MR) is 102 cm³/mol. The molecule has 0 atom stereocenters. The van der Waals surface area contributed by atoms with Crippen LogP contribution in [0.15, 0.2) is 36.7 Å². The van der Waals surface area contributed by atoms with E-state index in [1.807, 2.05) is 6.07 Å². The van der Waals surface area contributed by atoms with Gasteiger partial charge >= 0.3 is 0 Å². The molecule has 0 spiro atoms. The second-order valence-electron chi connectivity index (χ2n) is 6.17. The van der Waals surface area contributed by atoms with Gasteiger partial charge in [-0.15, -0.1) is 0 Å². The number of hydrogen-bond acceptors (Lipinski definition) is 5. The summed E-state index contributed by atoms with van der Waals surface area (Å²) >= 11 is 5.86. The summed E-state index contributed by atoms with van der Waals surface area (Å²) in [6, 6.07) is 7.96. The lowest BCUT2D eigenvalue weighted by molar-refractivity contribution is -0.117. The fourth-order valence-electron chi connectivity index (χ4n) is 3.16. The van der Waals surface area contributed by atoms with Crippen molar-refractivity contribution in [2.75, 3.05) is 23.9 Å². The van der Waals surface area contributed by atoms with Crippen molar-refractivity contribution in [2.45, 2.75) is 12.8 Å². The van der Waals surface area contributed by atoms with E-state index >= 15 is 0 Å². The molecule has 2 heterocycles. The van der Waals surface area contributed by atoms with E-state index in [2.05, 4.69) is 15.3 Å². The Morgan fingerprint density at radius 1 is 1.26 bits per heavy atom. The van der Waals surface area contributed by atoms with Gasteiger partial charge in [0, 0.05) is 30.1 Å². The summed E-state index contributed by atoms with van der Waals surface area (Å²) in [7, 11) is 1.56. The average Bonchev–Trinajstić information content (AvgIpc) is 3.09. The van der Waals surface area contributed by atoms with Gasteiger partial charge in [-0.2, -0.15) is 0 Å². The molecule has 2 aromatic carbocycles. The highest BCUT2D eigenvalue weighted by Crippen LogP contribution is 2.37. The topological polar surface area (TPSA) is 67.4 Å². The zero-order chi connectivity index (χ0) is 19.0. The summed E-state index contributed by atoms with van der Waals surface area (Å²) in [5, 5.41) is 3.87. The Balaban J connectivity index is 1.81. The molecule has 0 unspecified atom stereocenters. The number of methoxy groups -OCH3 is 1. The number of rotatable bonds is 4. The zero-order valence-corrected chi connectivity index (χ0v) is 15.3. The minimum Gasteiger partial charge on any atom is -0.494 e. The smallest absolute Gasteiger partial charge is 0.227 e. The summed E-state index contributed by atoms with van der Waals surface area (Å²) in [5.41, 5.74) is 1.94. The Bertz CT molecular complexity index is 1040. The van der Waals surface area contributed by atoms with Gasteiger partial charge in [-0.05, 0) is 30.7 Å². The first-order valence-corrected chi connectivity index (χ1v) is 8.80. The molecule has 1 aromatic heterocycles. The molecule has 0 bridgehead atoms. The Morgan fingerprint density at radius 3 is 2.81 bits per heavy atom. The van der Waals surface area contributed by atoms with Crippen molar-refractivity contribution in [1.29, 1.82) is 0 Å². The Hall–Kier alpha value is -2.93. The van der Waals surface area contributed by atoms with Crippen LogP contribution in [0.4, 0.5) is 21.6 Å². The van der Waals surface area contributed by atoms with Gasteiger partial charge in [-0.25, -0.2) is 14.4 Å². The lowest BCUT2D eigenvalue weighted by Gasteiger charge is -2.20. The van der Waals surface area contributed by atoms with Crippen molar-refractivity contribution in [3.8, 4) is 5.75 Å². The normalized spacial score (nSPS) is 14.0. The molecule has 0 saturated carbocycles. The molecule has 3 aromatic rings. The lowest BCUT2D eigenvalue weighted by atomic mass is 10.1. The summed E-state index contributed by atoms with van der Waals surface area (Å²) in [5.74, 6) is 0.670. The Labute approximate surface area is 159 Å². The maximum absolute atomic E-state index is 13.4. The summed E-state index contributed by atoms with van der Waals surface area (Å²) in [6.45, 7) is 0.644. The van der Waals surface area contributed by atoms with Gasteiger partial charge in [-0.3, -0.25) is 4.79 Å². The molecule has 0 radical (unpaired) electrons. The number of amides is 1. The average molecular weight is 387 g/mol. The van der Waals surface area contributed by atoms with Crippen molar-refractivity contribution in [3.05, 3.63) is 47.5 Å². The second kappa shape index (κ2) is 7.00. The van der Waals surface area contributed by atoms with E-state index in [1.165, 1.54) is 18.5 Å². The van der Waals surface area contributed by atoms with Gasteiger partial charge in [0.1, 0.15) is 23.7 Å². The molecule has 27 heavy (non-hydrogen) atoms. The first-order chi connectivity index (χ1) is 13.1. The molecule has 0 aliphatic carbocycles. The fraction of sp³-hybridized carbons (Fsp3) is 0.211. The molecular weight excluding hydrogens is 371 g/mol. The number of nitrogens with zero attached hydrogens (tertiary/aromatic N) is 3. The number of benzene rings is 2. The van der Waals surface area contributed by atoms with Crippen molar-refractivity contribution in [1.82, 2.24) is 9.97 Å². The van der Waals surface area contributed by atoms with Gasteiger partial charge in [-0.1, -0.05) is 11.6 Å². The highest BCUT2D eigenvalue weighted by Gasteiger charge is 2.25. The van der Waals surface area contributed by atoms with Crippen LogP contribution in [0.25, 0.3) is 10.9 Å². The van der Waals surface area contributed by atoms with Crippen LogP contribution in [0, 0.1) is 5.82 Å². The third kappa shape index (κ3) is 3.26. The minimum atomic E-state index is -0.491. The monoisotopic (exact) mass is 386 g/mol. The number of halogens is 2. The lowest BCUT2D eigenvalue weighted by Crippen LogP contribution is -2.24. The van der Waals surface area contributed by atoms with Gasteiger partial charge in [0.2, 0.25) is 5.91 Å². The highest BCUT2D eigenvalue weighted by molar-refractivity contribution is 6.31. The van der Waals surface area contributed by atoms with Crippen LogP contribution in [0.5, 0.6) is 5.75 Å². The SMILES string of the molecule is COc1cc2ncnc(Nc3ccc(F)c(Cl)c3)c2cc1N1CCCC1=O. The van der Waals surface area contributed by atoms with Gasteiger partial charge in [0.05, 0.1) is 23.3 Å². The number of carbonyl (C=O) groups excluding carboxylic acids is 1. The van der Waals surface area contributed by atoms with E-state index in [-0.39, 0.29) is 10.9 Å². The first-order valence-electron chi connectivity index (χ1n) is 8.42. The van der Waals surface area contributed by atoms with Crippen LogP contribution in [0.1, 0.15) is 12.8 Å². The molecule has 1 aliphatic rings. The van der Waals surface area contributed by atoms with Crippen LogP contribution >= 0.6 is 11.6 Å².